The van der Waals surface area contributed by atoms with Crippen LogP contribution in [0.3, 0.4) is 0 Å². The molecule has 1 aromatic carbocycles. The van der Waals surface area contributed by atoms with Gasteiger partial charge < -0.3 is 15.7 Å². The molecule has 2 saturated carbocycles. The predicted molar refractivity (Wildman–Crippen MR) is 110 cm³/mol. The minimum absolute atomic E-state index is 0.0679. The summed E-state index contributed by atoms with van der Waals surface area (Å²) in [4.78, 5) is 25.3. The van der Waals surface area contributed by atoms with E-state index in [2.05, 4.69) is 42.7 Å². The number of hydrogen-bond acceptors (Lipinski definition) is 3. The van der Waals surface area contributed by atoms with Gasteiger partial charge in [0.25, 0.3) is 0 Å². The molecule has 0 saturated heterocycles. The van der Waals surface area contributed by atoms with Crippen LogP contribution in [0.4, 0.5) is 4.79 Å². The van der Waals surface area contributed by atoms with Gasteiger partial charge in [-0.2, -0.15) is 0 Å². The zero-order chi connectivity index (χ0) is 20.3. The van der Waals surface area contributed by atoms with Gasteiger partial charge in [0.15, 0.2) is 0 Å². The van der Waals surface area contributed by atoms with Gasteiger partial charge in [0.2, 0.25) is 0 Å². The molecule has 0 aliphatic heterocycles. The van der Waals surface area contributed by atoms with Gasteiger partial charge >= 0.3 is 12.0 Å². The monoisotopic (exact) mass is 387 g/mol. The molecule has 0 aromatic heterocycles. The number of nitrogens with zero attached hydrogens (tertiary/aromatic N) is 1. The van der Waals surface area contributed by atoms with Crippen LogP contribution in [0.5, 0.6) is 0 Å². The van der Waals surface area contributed by atoms with Gasteiger partial charge in [0.05, 0.1) is 6.54 Å². The van der Waals surface area contributed by atoms with Crippen molar-refractivity contribution in [3.05, 3.63) is 34.9 Å². The Morgan fingerprint density at radius 3 is 2.46 bits per heavy atom. The van der Waals surface area contributed by atoms with Gasteiger partial charge in [-0.3, -0.25) is 9.69 Å². The quantitative estimate of drug-likeness (QED) is 0.641. The van der Waals surface area contributed by atoms with E-state index in [1.165, 1.54) is 23.1 Å². The fourth-order valence-corrected chi connectivity index (χ4v) is 4.40. The van der Waals surface area contributed by atoms with Crippen molar-refractivity contribution in [1.82, 2.24) is 15.5 Å². The van der Waals surface area contributed by atoms with E-state index in [4.69, 9.17) is 5.11 Å². The zero-order valence-corrected chi connectivity index (χ0v) is 17.3. The molecule has 0 radical (unpaired) electrons. The SMILES string of the molecule is CCN(CC(=O)O)C1CC(NC(=O)NCC2(c3ccc(C)c(C)c3)CCC2)C1. The summed E-state index contributed by atoms with van der Waals surface area (Å²) in [6.07, 6.45) is 5.06. The molecule has 0 bridgehead atoms. The number of amides is 2. The number of carboxylic acids is 1. The Morgan fingerprint density at radius 2 is 1.93 bits per heavy atom. The molecule has 154 valence electrons. The minimum Gasteiger partial charge on any atom is -0.480 e. The Morgan fingerprint density at radius 1 is 1.21 bits per heavy atom. The van der Waals surface area contributed by atoms with Crippen LogP contribution in [0.15, 0.2) is 18.2 Å². The predicted octanol–water partition coefficient (Wildman–Crippen LogP) is 2.96. The van der Waals surface area contributed by atoms with E-state index in [1.807, 2.05) is 11.8 Å². The van der Waals surface area contributed by atoms with Gasteiger partial charge in [-0.1, -0.05) is 31.5 Å². The summed E-state index contributed by atoms with van der Waals surface area (Å²) in [6.45, 7) is 7.69. The summed E-state index contributed by atoms with van der Waals surface area (Å²) >= 11 is 0. The van der Waals surface area contributed by atoms with E-state index in [0.29, 0.717) is 13.1 Å². The zero-order valence-electron chi connectivity index (χ0n) is 17.3. The van der Waals surface area contributed by atoms with Crippen LogP contribution >= 0.6 is 0 Å². The third-order valence-electron chi connectivity index (χ3n) is 6.73. The third-order valence-corrected chi connectivity index (χ3v) is 6.73. The molecule has 1 aromatic rings. The first-order chi connectivity index (χ1) is 13.3. The lowest BCUT2D eigenvalue weighted by Crippen LogP contribution is -2.57. The Kier molecular flexibility index (Phi) is 6.28. The summed E-state index contributed by atoms with van der Waals surface area (Å²) in [5.74, 6) is -0.798. The second-order valence-corrected chi connectivity index (χ2v) is 8.54. The maximum Gasteiger partial charge on any atom is 0.317 e. The number of carbonyl (C=O) groups is 2. The van der Waals surface area contributed by atoms with Gasteiger partial charge in [0.1, 0.15) is 0 Å². The second kappa shape index (κ2) is 8.52. The molecule has 0 heterocycles. The second-order valence-electron chi connectivity index (χ2n) is 8.54. The lowest BCUT2D eigenvalue weighted by Gasteiger charge is -2.44. The lowest BCUT2D eigenvalue weighted by atomic mass is 9.64. The summed E-state index contributed by atoms with van der Waals surface area (Å²) in [6, 6.07) is 6.92. The first-order valence-corrected chi connectivity index (χ1v) is 10.4. The van der Waals surface area contributed by atoms with Crippen molar-refractivity contribution in [1.29, 1.82) is 0 Å². The Labute approximate surface area is 167 Å². The third kappa shape index (κ3) is 4.49. The summed E-state index contributed by atoms with van der Waals surface area (Å²) in [5.41, 5.74) is 4.00. The normalized spacial score (nSPS) is 22.9. The van der Waals surface area contributed by atoms with Gasteiger partial charge in [0, 0.05) is 24.0 Å². The average Bonchev–Trinajstić information content (AvgIpc) is 2.57. The minimum atomic E-state index is -0.798. The number of aliphatic carboxylic acids is 1. The Balaban J connectivity index is 1.47. The molecule has 28 heavy (non-hydrogen) atoms. The molecular formula is C22H33N3O3. The fourth-order valence-electron chi connectivity index (χ4n) is 4.40. The topological polar surface area (TPSA) is 81.7 Å². The number of hydrogen-bond donors (Lipinski definition) is 3. The van der Waals surface area contributed by atoms with Crippen LogP contribution in [-0.2, 0) is 10.2 Å². The van der Waals surface area contributed by atoms with E-state index in [1.54, 1.807) is 0 Å². The highest BCUT2D eigenvalue weighted by molar-refractivity contribution is 5.74. The molecule has 0 atom stereocenters. The van der Waals surface area contributed by atoms with Crippen molar-refractivity contribution in [3.8, 4) is 0 Å². The summed E-state index contributed by atoms with van der Waals surface area (Å²) in [5, 5.41) is 15.1. The molecule has 2 aliphatic rings. The lowest BCUT2D eigenvalue weighted by molar-refractivity contribution is -0.139. The Hall–Kier alpha value is -2.08. The standard InChI is InChI=1S/C22H33N3O3/c1-4-25(13-20(26)27)19-11-18(12-19)24-21(28)23-14-22(8-5-9-22)17-7-6-15(2)16(3)10-17/h6-7,10,18-19H,4-5,8-9,11-14H2,1-3H3,(H,26,27)(H2,23,24,28). The van der Waals surface area contributed by atoms with Crippen molar-refractivity contribution in [2.75, 3.05) is 19.6 Å². The maximum absolute atomic E-state index is 12.4. The molecule has 6 heteroatoms. The van der Waals surface area contributed by atoms with Crippen molar-refractivity contribution >= 4 is 12.0 Å². The molecule has 3 N–H and O–H groups in total. The molecule has 6 nitrogen and oxygen atoms in total. The summed E-state index contributed by atoms with van der Waals surface area (Å²) < 4.78 is 0. The molecular weight excluding hydrogens is 354 g/mol. The smallest absolute Gasteiger partial charge is 0.317 e. The molecule has 2 fully saturated rings. The largest absolute Gasteiger partial charge is 0.480 e. The first kappa shape index (κ1) is 20.6. The highest BCUT2D eigenvalue weighted by atomic mass is 16.4. The van der Waals surface area contributed by atoms with Crippen LogP contribution in [0, 0.1) is 13.8 Å². The maximum atomic E-state index is 12.4. The molecule has 0 spiro atoms. The van der Waals surface area contributed by atoms with Crippen LogP contribution in [0.2, 0.25) is 0 Å². The van der Waals surface area contributed by atoms with Crippen molar-refractivity contribution < 1.29 is 14.7 Å². The molecule has 2 aliphatic carbocycles. The van der Waals surface area contributed by atoms with Gasteiger partial charge in [-0.15, -0.1) is 0 Å². The van der Waals surface area contributed by atoms with Crippen molar-refractivity contribution in [2.45, 2.75) is 70.4 Å². The number of urea groups is 1. The van der Waals surface area contributed by atoms with E-state index >= 15 is 0 Å². The van der Waals surface area contributed by atoms with Gasteiger partial charge in [-0.25, -0.2) is 4.79 Å². The van der Waals surface area contributed by atoms with E-state index in [0.717, 1.165) is 25.7 Å². The number of carbonyl (C=O) groups excluding carboxylic acids is 1. The van der Waals surface area contributed by atoms with Crippen molar-refractivity contribution in [3.63, 3.8) is 0 Å². The fraction of sp³-hybridized carbons (Fsp3) is 0.636. The number of benzene rings is 1. The number of nitrogens with one attached hydrogen (secondary N) is 2. The highest BCUT2D eigenvalue weighted by Crippen LogP contribution is 2.43. The van der Waals surface area contributed by atoms with E-state index in [-0.39, 0.29) is 30.1 Å². The van der Waals surface area contributed by atoms with Crippen molar-refractivity contribution in [2.24, 2.45) is 0 Å². The molecule has 3 rings (SSSR count). The van der Waals surface area contributed by atoms with Crippen LogP contribution < -0.4 is 10.6 Å². The number of likely N-dealkylation sites (N-methyl/N-ethyl adjacent to an activating group) is 1. The van der Waals surface area contributed by atoms with Crippen LogP contribution in [0.1, 0.15) is 55.7 Å². The number of aryl methyl sites for hydroxylation is 2. The highest BCUT2D eigenvalue weighted by Gasteiger charge is 2.39. The van der Waals surface area contributed by atoms with Gasteiger partial charge in [-0.05, 0) is 62.8 Å². The van der Waals surface area contributed by atoms with E-state index < -0.39 is 5.97 Å². The summed E-state index contributed by atoms with van der Waals surface area (Å²) in [7, 11) is 0. The van der Waals surface area contributed by atoms with E-state index in [9.17, 15) is 9.59 Å². The molecule has 2 amide bonds. The van der Waals surface area contributed by atoms with Crippen LogP contribution in [0.25, 0.3) is 0 Å². The van der Waals surface area contributed by atoms with Crippen LogP contribution in [-0.4, -0.2) is 53.7 Å². The average molecular weight is 388 g/mol. The number of carboxylic acid groups (broad SMARTS) is 1. The number of rotatable bonds is 8. The Bertz CT molecular complexity index is 724. The first-order valence-electron chi connectivity index (χ1n) is 10.4. The molecule has 0 unspecified atom stereocenters.